The monoisotopic (exact) mass is 171 g/mol. The van der Waals surface area contributed by atoms with E-state index in [9.17, 15) is 0 Å². The predicted molar refractivity (Wildman–Crippen MR) is 46.8 cm³/mol. The summed E-state index contributed by atoms with van der Waals surface area (Å²) >= 11 is 0. The molecule has 0 aliphatic carbocycles. The topological polar surface area (TPSA) is 27.7 Å². The Bertz CT molecular complexity index is 146. The van der Waals surface area contributed by atoms with Crippen molar-refractivity contribution < 1.29 is 4.74 Å². The zero-order valence-electron chi connectivity index (χ0n) is 7.79. The van der Waals surface area contributed by atoms with Crippen molar-refractivity contribution in [2.75, 3.05) is 40.3 Å². The van der Waals surface area contributed by atoms with E-state index in [1.54, 1.807) is 0 Å². The average Bonchev–Trinajstić information content (AvgIpc) is 2.07. The van der Waals surface area contributed by atoms with Crippen molar-refractivity contribution in [2.45, 2.75) is 12.1 Å². The molecule has 0 bridgehead atoms. The number of ether oxygens (including phenoxy) is 1. The van der Waals surface area contributed by atoms with Gasteiger partial charge in [-0.1, -0.05) is 0 Å². The van der Waals surface area contributed by atoms with Crippen LogP contribution in [0.25, 0.3) is 0 Å². The first-order valence-corrected chi connectivity index (χ1v) is 4.54. The predicted octanol–water partition coefficient (Wildman–Crippen LogP) is -0.864. The Labute approximate surface area is 73.4 Å². The molecule has 0 radical (unpaired) electrons. The maximum atomic E-state index is 5.67. The van der Waals surface area contributed by atoms with Crippen molar-refractivity contribution in [3.8, 4) is 0 Å². The minimum absolute atomic E-state index is 0.389. The van der Waals surface area contributed by atoms with Crippen LogP contribution in [-0.2, 0) is 4.74 Å². The van der Waals surface area contributed by atoms with Gasteiger partial charge in [0.1, 0.15) is 0 Å². The molecule has 2 heterocycles. The molecule has 4 nitrogen and oxygen atoms in total. The van der Waals surface area contributed by atoms with E-state index in [2.05, 4.69) is 29.4 Å². The number of nitrogens with zero attached hydrogens (tertiary/aromatic N) is 2. The van der Waals surface area contributed by atoms with Gasteiger partial charge in [0, 0.05) is 39.8 Å². The maximum Gasteiger partial charge on any atom is 0.0882 e. The molecule has 12 heavy (non-hydrogen) atoms. The van der Waals surface area contributed by atoms with Crippen molar-refractivity contribution in [2.24, 2.45) is 0 Å². The highest BCUT2D eigenvalue weighted by Gasteiger charge is 2.32. The van der Waals surface area contributed by atoms with Crippen LogP contribution in [0.2, 0.25) is 0 Å². The fourth-order valence-corrected chi connectivity index (χ4v) is 1.89. The quantitative estimate of drug-likeness (QED) is 0.513. The van der Waals surface area contributed by atoms with Gasteiger partial charge in [-0.25, -0.2) is 10.0 Å². The van der Waals surface area contributed by atoms with Gasteiger partial charge in [-0.05, 0) is 0 Å². The lowest BCUT2D eigenvalue weighted by molar-refractivity contribution is -0.117. The van der Waals surface area contributed by atoms with Crippen LogP contribution < -0.4 is 5.32 Å². The van der Waals surface area contributed by atoms with Gasteiger partial charge in [-0.2, -0.15) is 0 Å². The number of hydrazine groups is 1. The molecule has 0 aromatic heterocycles. The molecule has 2 atom stereocenters. The maximum absolute atomic E-state index is 5.67. The lowest BCUT2D eigenvalue weighted by Gasteiger charge is -2.45. The highest BCUT2D eigenvalue weighted by Crippen LogP contribution is 2.13. The second kappa shape index (κ2) is 3.30. The van der Waals surface area contributed by atoms with Gasteiger partial charge in [0.15, 0.2) is 0 Å². The molecule has 2 saturated heterocycles. The molecule has 2 aliphatic heterocycles. The molecular formula is C8H17N3O. The summed E-state index contributed by atoms with van der Waals surface area (Å²) in [6, 6.07) is 0.528. The number of likely N-dealkylation sites (N-methyl/N-ethyl adjacent to an activating group) is 2. The van der Waals surface area contributed by atoms with Gasteiger partial charge < -0.3 is 10.1 Å². The van der Waals surface area contributed by atoms with Gasteiger partial charge in [0.25, 0.3) is 0 Å². The van der Waals surface area contributed by atoms with Crippen molar-refractivity contribution in [1.29, 1.82) is 0 Å². The Hall–Kier alpha value is -0.160. The highest BCUT2D eigenvalue weighted by atomic mass is 16.5. The Morgan fingerprint density at radius 3 is 2.83 bits per heavy atom. The van der Waals surface area contributed by atoms with Crippen LogP contribution in [0, 0.1) is 0 Å². The van der Waals surface area contributed by atoms with Crippen LogP contribution in [0.5, 0.6) is 0 Å². The molecule has 2 unspecified atom stereocenters. The smallest absolute Gasteiger partial charge is 0.0882 e. The largest absolute Gasteiger partial charge is 0.374 e. The molecule has 0 aromatic rings. The summed E-state index contributed by atoms with van der Waals surface area (Å²) in [5.41, 5.74) is 0. The van der Waals surface area contributed by atoms with Gasteiger partial charge in [0.05, 0.1) is 12.7 Å². The van der Waals surface area contributed by atoms with Crippen LogP contribution in [0.15, 0.2) is 0 Å². The molecule has 0 amide bonds. The number of hydrogen-bond acceptors (Lipinski definition) is 4. The lowest BCUT2D eigenvalue weighted by Crippen LogP contribution is -2.63. The van der Waals surface area contributed by atoms with E-state index in [4.69, 9.17) is 4.74 Å². The molecular weight excluding hydrogens is 154 g/mol. The fraction of sp³-hybridized carbons (Fsp3) is 1.00. The Balaban J connectivity index is 1.98. The first kappa shape index (κ1) is 8.44. The Kier molecular flexibility index (Phi) is 2.32. The third-order valence-corrected chi connectivity index (χ3v) is 2.78. The van der Waals surface area contributed by atoms with E-state index < -0.39 is 0 Å². The van der Waals surface area contributed by atoms with Crippen LogP contribution in [0.1, 0.15) is 0 Å². The molecule has 0 spiro atoms. The summed E-state index contributed by atoms with van der Waals surface area (Å²) < 4.78 is 5.67. The summed E-state index contributed by atoms with van der Waals surface area (Å²) in [6.07, 6.45) is 0.389. The van der Waals surface area contributed by atoms with Crippen molar-refractivity contribution in [3.63, 3.8) is 0 Å². The second-order valence-electron chi connectivity index (χ2n) is 3.65. The minimum Gasteiger partial charge on any atom is -0.374 e. The standard InChI is InChI=1S/C8H17N3O/c1-10-5-7-8(6-11(10)2)12-4-3-9-7/h7-9H,3-6H2,1-2H3. The molecule has 1 N–H and O–H groups in total. The molecule has 2 aliphatic rings. The van der Waals surface area contributed by atoms with E-state index in [0.29, 0.717) is 12.1 Å². The van der Waals surface area contributed by atoms with E-state index in [1.165, 1.54) is 0 Å². The summed E-state index contributed by atoms with van der Waals surface area (Å²) in [5.74, 6) is 0. The lowest BCUT2D eigenvalue weighted by atomic mass is 10.1. The number of nitrogens with one attached hydrogen (secondary N) is 1. The number of fused-ring (bicyclic) bond motifs is 1. The number of morpholine rings is 1. The van der Waals surface area contributed by atoms with Crippen molar-refractivity contribution in [3.05, 3.63) is 0 Å². The Morgan fingerprint density at radius 1 is 1.25 bits per heavy atom. The van der Waals surface area contributed by atoms with Gasteiger partial charge in [-0.3, -0.25) is 0 Å². The number of hydrogen-bond donors (Lipinski definition) is 1. The molecule has 70 valence electrons. The zero-order valence-corrected chi connectivity index (χ0v) is 7.79. The van der Waals surface area contributed by atoms with Gasteiger partial charge in [-0.15, -0.1) is 0 Å². The van der Waals surface area contributed by atoms with E-state index >= 15 is 0 Å². The van der Waals surface area contributed by atoms with E-state index in [1.807, 2.05) is 0 Å². The van der Waals surface area contributed by atoms with Crippen LogP contribution in [0.4, 0.5) is 0 Å². The average molecular weight is 171 g/mol. The SMILES string of the molecule is CN1CC2NCCOC2CN1C. The van der Waals surface area contributed by atoms with Gasteiger partial charge in [0.2, 0.25) is 0 Å². The van der Waals surface area contributed by atoms with E-state index in [-0.39, 0.29) is 0 Å². The summed E-state index contributed by atoms with van der Waals surface area (Å²) in [5, 5.41) is 7.93. The van der Waals surface area contributed by atoms with Crippen LogP contribution in [-0.4, -0.2) is 62.5 Å². The normalized spacial score (nSPS) is 39.5. The molecule has 2 rings (SSSR count). The number of rotatable bonds is 0. The molecule has 0 saturated carbocycles. The van der Waals surface area contributed by atoms with Crippen LogP contribution in [0.3, 0.4) is 0 Å². The third kappa shape index (κ3) is 1.47. The summed E-state index contributed by atoms with van der Waals surface area (Å²) in [4.78, 5) is 0. The first-order chi connectivity index (χ1) is 5.77. The molecule has 4 heteroatoms. The van der Waals surface area contributed by atoms with E-state index in [0.717, 1.165) is 26.2 Å². The third-order valence-electron chi connectivity index (χ3n) is 2.78. The van der Waals surface area contributed by atoms with Gasteiger partial charge >= 0.3 is 0 Å². The minimum atomic E-state index is 0.389. The molecule has 2 fully saturated rings. The first-order valence-electron chi connectivity index (χ1n) is 4.54. The van der Waals surface area contributed by atoms with Crippen molar-refractivity contribution in [1.82, 2.24) is 15.3 Å². The second-order valence-corrected chi connectivity index (χ2v) is 3.65. The summed E-state index contributed by atoms with van der Waals surface area (Å²) in [6.45, 7) is 3.92. The van der Waals surface area contributed by atoms with Crippen LogP contribution >= 0.6 is 0 Å². The zero-order chi connectivity index (χ0) is 8.55. The molecule has 0 aromatic carbocycles. The van der Waals surface area contributed by atoms with Crippen molar-refractivity contribution >= 4 is 0 Å². The fourth-order valence-electron chi connectivity index (χ4n) is 1.89. The summed E-state index contributed by atoms with van der Waals surface area (Å²) in [7, 11) is 4.22. The highest BCUT2D eigenvalue weighted by molar-refractivity contribution is 4.87. The Morgan fingerprint density at radius 2 is 2.00 bits per heavy atom.